The van der Waals surface area contributed by atoms with Crippen molar-refractivity contribution in [1.82, 2.24) is 19.7 Å². The van der Waals surface area contributed by atoms with Crippen LogP contribution in [-0.4, -0.2) is 53.2 Å². The van der Waals surface area contributed by atoms with Crippen molar-refractivity contribution in [1.29, 1.82) is 0 Å². The monoisotopic (exact) mass is 448 g/mol. The number of aromatic nitrogens is 3. The third-order valence-electron chi connectivity index (χ3n) is 4.90. The van der Waals surface area contributed by atoms with Crippen LogP contribution in [0.4, 0.5) is 13.2 Å². The quantitative estimate of drug-likeness (QED) is 0.521. The summed E-state index contributed by atoms with van der Waals surface area (Å²) in [5.41, 5.74) is -4.17. The molecule has 0 radical (unpaired) electrons. The van der Waals surface area contributed by atoms with Gasteiger partial charge in [0.05, 0.1) is 18.8 Å². The number of amides is 1. The summed E-state index contributed by atoms with van der Waals surface area (Å²) in [4.78, 5) is 18.6. The molecule has 0 fully saturated rings. The van der Waals surface area contributed by atoms with Gasteiger partial charge in [0.1, 0.15) is 0 Å². The van der Waals surface area contributed by atoms with E-state index in [1.165, 1.54) is 25.3 Å². The first-order chi connectivity index (χ1) is 13.9. The average molecular weight is 448 g/mol. The minimum Gasteiger partial charge on any atom is -0.481 e. The minimum absolute atomic E-state index is 0.0726. The molecule has 13 heteroatoms. The maximum atomic E-state index is 13.1. The maximum Gasteiger partial charge on any atom is 0.534 e. The molecule has 1 aliphatic rings. The number of ether oxygens (including phenoxy) is 1. The Bertz CT molecular complexity index is 1100. The highest BCUT2D eigenvalue weighted by Crippen LogP contribution is 2.37. The standard InChI is InChI=1S/C17H19F3N4O5S/c1-9-11(5-7-21-14(9)28-4)15(25)24-8-6-12-13(10(24)2)22-23(3)16(12)29-30(26,27)17(18,19)20/h5,7,10H,6,8H2,1-4H3. The van der Waals surface area contributed by atoms with E-state index in [4.69, 9.17) is 4.74 Å². The third kappa shape index (κ3) is 3.57. The summed E-state index contributed by atoms with van der Waals surface area (Å²) < 4.78 is 71.4. The van der Waals surface area contributed by atoms with Crippen LogP contribution in [0.15, 0.2) is 12.3 Å². The molecule has 0 aromatic carbocycles. The van der Waals surface area contributed by atoms with Gasteiger partial charge in [-0.25, -0.2) is 9.67 Å². The topological polar surface area (TPSA) is 104 Å². The van der Waals surface area contributed by atoms with Gasteiger partial charge in [-0.2, -0.15) is 26.7 Å². The molecule has 0 saturated heterocycles. The van der Waals surface area contributed by atoms with Gasteiger partial charge in [0.15, 0.2) is 0 Å². The van der Waals surface area contributed by atoms with E-state index in [9.17, 15) is 26.4 Å². The number of methoxy groups -OCH3 is 1. The van der Waals surface area contributed by atoms with Crippen LogP contribution >= 0.6 is 0 Å². The summed E-state index contributed by atoms with van der Waals surface area (Å²) in [5.74, 6) is -0.539. The van der Waals surface area contributed by atoms with Crippen LogP contribution in [0.2, 0.25) is 0 Å². The zero-order valence-electron chi connectivity index (χ0n) is 16.5. The average Bonchev–Trinajstić information content (AvgIpc) is 2.97. The van der Waals surface area contributed by atoms with Crippen molar-refractivity contribution in [2.75, 3.05) is 13.7 Å². The molecule has 0 N–H and O–H groups in total. The zero-order chi connectivity index (χ0) is 22.4. The first-order valence-corrected chi connectivity index (χ1v) is 10.2. The molecule has 1 unspecified atom stereocenters. The molecular weight excluding hydrogens is 429 g/mol. The van der Waals surface area contributed by atoms with Crippen LogP contribution in [0.3, 0.4) is 0 Å². The summed E-state index contributed by atoms with van der Waals surface area (Å²) in [5, 5.41) is 4.11. The molecule has 164 valence electrons. The second kappa shape index (κ2) is 7.45. The van der Waals surface area contributed by atoms with E-state index in [1.807, 2.05) is 0 Å². The van der Waals surface area contributed by atoms with Crippen molar-refractivity contribution in [3.05, 3.63) is 34.6 Å². The van der Waals surface area contributed by atoms with E-state index < -0.39 is 27.5 Å². The Morgan fingerprint density at radius 3 is 2.60 bits per heavy atom. The molecule has 0 spiro atoms. The Balaban J connectivity index is 1.94. The zero-order valence-corrected chi connectivity index (χ0v) is 17.3. The highest BCUT2D eigenvalue weighted by molar-refractivity contribution is 7.87. The number of hydrogen-bond donors (Lipinski definition) is 0. The van der Waals surface area contributed by atoms with Crippen molar-refractivity contribution >= 4 is 16.0 Å². The molecule has 0 aliphatic carbocycles. The molecule has 0 saturated carbocycles. The van der Waals surface area contributed by atoms with Crippen LogP contribution in [0.25, 0.3) is 0 Å². The fourth-order valence-corrected chi connectivity index (χ4v) is 3.87. The second-order valence-electron chi connectivity index (χ2n) is 6.69. The summed E-state index contributed by atoms with van der Waals surface area (Å²) in [7, 11) is -3.13. The van der Waals surface area contributed by atoms with Gasteiger partial charge in [0.2, 0.25) is 11.8 Å². The Labute approximate surface area is 170 Å². The Kier molecular flexibility index (Phi) is 5.43. The highest BCUT2D eigenvalue weighted by atomic mass is 32.2. The second-order valence-corrected chi connectivity index (χ2v) is 8.23. The molecule has 1 atom stereocenters. The third-order valence-corrected chi connectivity index (χ3v) is 5.84. The molecule has 2 aromatic heterocycles. The molecule has 9 nitrogen and oxygen atoms in total. The van der Waals surface area contributed by atoms with E-state index >= 15 is 0 Å². The van der Waals surface area contributed by atoms with Crippen molar-refractivity contribution < 1.29 is 35.3 Å². The van der Waals surface area contributed by atoms with Crippen LogP contribution in [0.1, 0.15) is 40.1 Å². The van der Waals surface area contributed by atoms with Crippen molar-refractivity contribution in [3.8, 4) is 11.8 Å². The molecule has 0 bridgehead atoms. The van der Waals surface area contributed by atoms with Gasteiger partial charge in [-0.3, -0.25) is 4.79 Å². The lowest BCUT2D eigenvalue weighted by Crippen LogP contribution is -2.39. The van der Waals surface area contributed by atoms with Gasteiger partial charge in [-0.1, -0.05) is 0 Å². The maximum absolute atomic E-state index is 13.1. The Morgan fingerprint density at radius 1 is 1.33 bits per heavy atom. The summed E-state index contributed by atoms with van der Waals surface area (Å²) in [6.45, 7) is 3.47. The predicted molar refractivity (Wildman–Crippen MR) is 97.5 cm³/mol. The Morgan fingerprint density at radius 2 is 2.00 bits per heavy atom. The fraction of sp³-hybridized carbons (Fsp3) is 0.471. The number of carbonyl (C=O) groups excluding carboxylic acids is 1. The number of nitrogens with zero attached hydrogens (tertiary/aromatic N) is 4. The molecule has 3 rings (SSSR count). The van der Waals surface area contributed by atoms with E-state index in [0.29, 0.717) is 17.0 Å². The largest absolute Gasteiger partial charge is 0.534 e. The molecule has 3 heterocycles. The number of pyridine rings is 1. The summed E-state index contributed by atoms with van der Waals surface area (Å²) >= 11 is 0. The lowest BCUT2D eigenvalue weighted by Gasteiger charge is -2.33. The van der Waals surface area contributed by atoms with Gasteiger partial charge in [0, 0.05) is 36.5 Å². The number of alkyl halides is 3. The van der Waals surface area contributed by atoms with Crippen LogP contribution in [-0.2, 0) is 23.6 Å². The van der Waals surface area contributed by atoms with Gasteiger partial charge in [0.25, 0.3) is 5.91 Å². The number of hydrogen-bond acceptors (Lipinski definition) is 7. The van der Waals surface area contributed by atoms with Crippen molar-refractivity contribution in [3.63, 3.8) is 0 Å². The number of fused-ring (bicyclic) bond motifs is 1. The molecule has 1 amide bonds. The Hall–Kier alpha value is -2.83. The van der Waals surface area contributed by atoms with Crippen LogP contribution < -0.4 is 8.92 Å². The summed E-state index contributed by atoms with van der Waals surface area (Å²) in [6, 6.07) is 0.919. The SMILES string of the molecule is COc1nccc(C(=O)N2CCc3c(nn(C)c3OS(=O)(=O)C(F)(F)F)C2C)c1C. The molecule has 2 aromatic rings. The lowest BCUT2D eigenvalue weighted by molar-refractivity contribution is -0.0502. The van der Waals surface area contributed by atoms with Crippen molar-refractivity contribution in [2.24, 2.45) is 7.05 Å². The minimum atomic E-state index is -5.84. The summed E-state index contributed by atoms with van der Waals surface area (Å²) in [6.07, 6.45) is 1.51. The number of carbonyl (C=O) groups is 1. The van der Waals surface area contributed by atoms with Crippen LogP contribution in [0, 0.1) is 6.92 Å². The normalized spacial score (nSPS) is 16.9. The van der Waals surface area contributed by atoms with Crippen molar-refractivity contribution in [2.45, 2.75) is 31.8 Å². The van der Waals surface area contributed by atoms with Gasteiger partial charge < -0.3 is 13.8 Å². The lowest BCUT2D eigenvalue weighted by atomic mass is 9.99. The number of rotatable bonds is 4. The van der Waals surface area contributed by atoms with E-state index in [1.54, 1.807) is 19.9 Å². The predicted octanol–water partition coefficient (Wildman–Crippen LogP) is 2.12. The van der Waals surface area contributed by atoms with Crippen LogP contribution in [0.5, 0.6) is 11.8 Å². The first kappa shape index (κ1) is 21.9. The first-order valence-electron chi connectivity index (χ1n) is 8.76. The fourth-order valence-electron chi connectivity index (χ4n) is 3.36. The van der Waals surface area contributed by atoms with Gasteiger partial charge >= 0.3 is 15.6 Å². The highest BCUT2D eigenvalue weighted by Gasteiger charge is 2.50. The molecular formula is C17H19F3N4O5S. The molecule has 30 heavy (non-hydrogen) atoms. The number of aryl methyl sites for hydroxylation is 1. The van der Waals surface area contributed by atoms with Gasteiger partial charge in [-0.05, 0) is 26.3 Å². The smallest absolute Gasteiger partial charge is 0.481 e. The van der Waals surface area contributed by atoms with E-state index in [-0.39, 0.29) is 30.1 Å². The number of halogens is 3. The van der Waals surface area contributed by atoms with E-state index in [2.05, 4.69) is 14.3 Å². The van der Waals surface area contributed by atoms with E-state index in [0.717, 1.165) is 4.68 Å². The molecule has 1 aliphatic heterocycles. The van der Waals surface area contributed by atoms with Gasteiger partial charge in [-0.15, -0.1) is 0 Å².